The Hall–Kier alpha value is -5.10. The first kappa shape index (κ1) is 27.1. The molecule has 0 aliphatic heterocycles. The van der Waals surface area contributed by atoms with Gasteiger partial charge in [-0.3, -0.25) is 0 Å². The summed E-state index contributed by atoms with van der Waals surface area (Å²) >= 11 is 0. The lowest BCUT2D eigenvalue weighted by molar-refractivity contribution is 0.0697. The van der Waals surface area contributed by atoms with Crippen molar-refractivity contribution >= 4 is 17.0 Å². The molecule has 0 saturated heterocycles. The van der Waals surface area contributed by atoms with Crippen molar-refractivity contribution in [2.45, 2.75) is 39.3 Å². The lowest BCUT2D eigenvalue weighted by Crippen LogP contribution is -2.12. The average molecular weight is 565 g/mol. The van der Waals surface area contributed by atoms with E-state index < -0.39 is 17.6 Å². The topological polar surface area (TPSA) is 101 Å². The number of ether oxygens (including phenoxy) is 1. The van der Waals surface area contributed by atoms with Crippen LogP contribution in [0.2, 0.25) is 0 Å². The van der Waals surface area contributed by atoms with Crippen molar-refractivity contribution in [1.29, 1.82) is 5.26 Å². The fraction of sp³-hybridized carbons (Fsp3) is 0.212. The molecule has 1 fully saturated rings. The molecule has 6 rings (SSSR count). The molecule has 1 N–H and O–H groups in total. The number of fused-ring (bicyclic) bond motifs is 1. The molecule has 5 aromatic rings. The van der Waals surface area contributed by atoms with Gasteiger partial charge in [-0.1, -0.05) is 31.2 Å². The van der Waals surface area contributed by atoms with Crippen molar-refractivity contribution < 1.29 is 23.4 Å². The van der Waals surface area contributed by atoms with E-state index in [1.54, 1.807) is 42.5 Å². The molecule has 0 amide bonds. The fourth-order valence-electron chi connectivity index (χ4n) is 4.93. The summed E-state index contributed by atoms with van der Waals surface area (Å²) in [6, 6.07) is 20.9. The number of nitriles is 1. The maximum atomic E-state index is 15.5. The highest BCUT2D eigenvalue weighted by Gasteiger charge is 2.38. The van der Waals surface area contributed by atoms with Gasteiger partial charge >= 0.3 is 5.97 Å². The summed E-state index contributed by atoms with van der Waals surface area (Å²) < 4.78 is 37.4. The SMILES string of the molecule is CC1(Cn2c(Cc3ccc(-c4cccc(OCc5ccc(C#N)cc5F)n4)cc3F)nc3ccc(C(=O)O)cc32)CC1. The monoisotopic (exact) mass is 564 g/mol. The summed E-state index contributed by atoms with van der Waals surface area (Å²) in [5, 5.41) is 18.4. The number of hydrogen-bond donors (Lipinski definition) is 1. The number of nitrogens with zero attached hydrogens (tertiary/aromatic N) is 4. The molecule has 7 nitrogen and oxygen atoms in total. The van der Waals surface area contributed by atoms with Gasteiger partial charge in [0.25, 0.3) is 0 Å². The Kier molecular flexibility index (Phi) is 6.91. The summed E-state index contributed by atoms with van der Waals surface area (Å²) in [6.07, 6.45) is 2.39. The van der Waals surface area contributed by atoms with Crippen LogP contribution in [0.1, 0.15) is 52.6 Å². The zero-order valence-electron chi connectivity index (χ0n) is 22.8. The van der Waals surface area contributed by atoms with Gasteiger partial charge in [0, 0.05) is 30.2 Å². The third kappa shape index (κ3) is 5.56. The molecule has 9 heteroatoms. The molecular weight excluding hydrogens is 538 g/mol. The van der Waals surface area contributed by atoms with Gasteiger partial charge < -0.3 is 14.4 Å². The number of imidazole rings is 1. The Morgan fingerprint density at radius 2 is 1.81 bits per heavy atom. The molecule has 0 unspecified atom stereocenters. The maximum Gasteiger partial charge on any atom is 0.335 e. The van der Waals surface area contributed by atoms with E-state index in [2.05, 4.69) is 11.9 Å². The summed E-state index contributed by atoms with van der Waals surface area (Å²) in [6.45, 7) is 2.80. The number of carbonyl (C=O) groups is 1. The van der Waals surface area contributed by atoms with E-state index in [-0.39, 0.29) is 41.0 Å². The van der Waals surface area contributed by atoms with Crippen LogP contribution in [0.5, 0.6) is 5.88 Å². The molecule has 0 spiro atoms. The summed E-state index contributed by atoms with van der Waals surface area (Å²) in [5.41, 5.74) is 3.74. The number of hydrogen-bond acceptors (Lipinski definition) is 5. The van der Waals surface area contributed by atoms with Gasteiger partial charge in [-0.05, 0) is 66.3 Å². The third-order valence-corrected chi connectivity index (χ3v) is 7.70. The molecule has 2 aromatic heterocycles. The highest BCUT2D eigenvalue weighted by molar-refractivity contribution is 5.92. The molecular formula is C33H26F2N4O3. The van der Waals surface area contributed by atoms with E-state index >= 15 is 4.39 Å². The van der Waals surface area contributed by atoms with Gasteiger partial charge in [0.2, 0.25) is 5.88 Å². The Labute approximate surface area is 240 Å². The number of aromatic carboxylic acids is 1. The normalized spacial score (nSPS) is 13.6. The summed E-state index contributed by atoms with van der Waals surface area (Å²) in [7, 11) is 0. The second kappa shape index (κ2) is 10.7. The Bertz CT molecular complexity index is 1890. The first-order chi connectivity index (χ1) is 20.2. The quantitative estimate of drug-likeness (QED) is 0.209. The van der Waals surface area contributed by atoms with Crippen LogP contribution in [0.4, 0.5) is 8.78 Å². The minimum atomic E-state index is -1.00. The third-order valence-electron chi connectivity index (χ3n) is 7.70. The lowest BCUT2D eigenvalue weighted by Gasteiger charge is -2.15. The Morgan fingerprint density at radius 3 is 2.52 bits per heavy atom. The van der Waals surface area contributed by atoms with E-state index in [0.29, 0.717) is 34.7 Å². The van der Waals surface area contributed by atoms with Crippen LogP contribution >= 0.6 is 0 Å². The van der Waals surface area contributed by atoms with E-state index in [0.717, 1.165) is 24.4 Å². The first-order valence-electron chi connectivity index (χ1n) is 13.5. The van der Waals surface area contributed by atoms with Crippen LogP contribution in [0, 0.1) is 28.4 Å². The van der Waals surface area contributed by atoms with E-state index in [4.69, 9.17) is 15.0 Å². The van der Waals surface area contributed by atoms with Crippen LogP contribution in [-0.2, 0) is 19.6 Å². The van der Waals surface area contributed by atoms with Gasteiger partial charge in [-0.15, -0.1) is 0 Å². The highest BCUT2D eigenvalue weighted by atomic mass is 19.1. The minimum absolute atomic E-state index is 0.0741. The average Bonchev–Trinajstić information content (AvgIpc) is 3.63. The van der Waals surface area contributed by atoms with Gasteiger partial charge in [0.1, 0.15) is 24.1 Å². The smallest absolute Gasteiger partial charge is 0.335 e. The Balaban J connectivity index is 1.23. The van der Waals surface area contributed by atoms with Gasteiger partial charge in [-0.2, -0.15) is 5.26 Å². The van der Waals surface area contributed by atoms with Crippen molar-refractivity contribution in [2.24, 2.45) is 5.41 Å². The van der Waals surface area contributed by atoms with Gasteiger partial charge in [0.15, 0.2) is 0 Å². The lowest BCUT2D eigenvalue weighted by atomic mass is 10.0. The number of aromatic nitrogens is 3. The number of carboxylic acids is 1. The Morgan fingerprint density at radius 1 is 1.02 bits per heavy atom. The molecule has 210 valence electrons. The van der Waals surface area contributed by atoms with Crippen LogP contribution in [0.15, 0.2) is 72.8 Å². The molecule has 0 bridgehead atoms. The molecule has 42 heavy (non-hydrogen) atoms. The summed E-state index contributed by atoms with van der Waals surface area (Å²) in [5.74, 6) is -1.03. The van der Waals surface area contributed by atoms with Crippen LogP contribution in [0.25, 0.3) is 22.3 Å². The van der Waals surface area contributed by atoms with Crippen molar-refractivity contribution in [1.82, 2.24) is 14.5 Å². The van der Waals surface area contributed by atoms with Crippen LogP contribution in [-0.4, -0.2) is 25.6 Å². The molecule has 0 radical (unpaired) electrons. The highest BCUT2D eigenvalue weighted by Crippen LogP contribution is 2.47. The minimum Gasteiger partial charge on any atom is -0.478 e. The number of benzene rings is 3. The standard InChI is InChI=1S/C33H26F2N4O3/c1-33(11-12-33)19-39-29-15-23(32(40)41)9-10-28(29)37-30(39)16-21-7-8-22(14-26(21)35)27-3-2-4-31(38-27)42-18-24-6-5-20(17-36)13-25(24)34/h2-10,13-15H,11-12,16,18-19H2,1H3,(H,40,41). The van der Waals surface area contributed by atoms with Crippen LogP contribution in [0.3, 0.4) is 0 Å². The molecule has 1 aliphatic carbocycles. The zero-order valence-corrected chi connectivity index (χ0v) is 22.8. The predicted molar refractivity (Wildman–Crippen MR) is 152 cm³/mol. The number of pyridine rings is 1. The zero-order chi connectivity index (χ0) is 29.4. The second-order valence-corrected chi connectivity index (χ2v) is 11.0. The van der Waals surface area contributed by atoms with E-state index in [1.807, 2.05) is 10.6 Å². The van der Waals surface area contributed by atoms with E-state index in [1.165, 1.54) is 24.3 Å². The molecule has 1 aliphatic rings. The van der Waals surface area contributed by atoms with Crippen molar-refractivity contribution in [2.75, 3.05) is 0 Å². The van der Waals surface area contributed by atoms with Crippen LogP contribution < -0.4 is 4.74 Å². The molecule has 0 atom stereocenters. The predicted octanol–water partition coefficient (Wildman–Crippen LogP) is 6.92. The molecule has 3 aromatic carbocycles. The number of carboxylic acid groups (broad SMARTS) is 1. The summed E-state index contributed by atoms with van der Waals surface area (Å²) in [4.78, 5) is 20.8. The molecule has 2 heterocycles. The largest absolute Gasteiger partial charge is 0.478 e. The van der Waals surface area contributed by atoms with Crippen molar-refractivity contribution in [3.8, 4) is 23.2 Å². The second-order valence-electron chi connectivity index (χ2n) is 11.0. The molecule has 1 saturated carbocycles. The van der Waals surface area contributed by atoms with Crippen molar-refractivity contribution in [3.63, 3.8) is 0 Å². The van der Waals surface area contributed by atoms with Gasteiger partial charge in [-0.25, -0.2) is 23.5 Å². The van der Waals surface area contributed by atoms with Crippen molar-refractivity contribution in [3.05, 3.63) is 113 Å². The first-order valence-corrected chi connectivity index (χ1v) is 13.5. The number of rotatable bonds is 9. The fourth-order valence-corrected chi connectivity index (χ4v) is 4.93. The maximum absolute atomic E-state index is 15.5. The van der Waals surface area contributed by atoms with Gasteiger partial charge in [0.05, 0.1) is 33.9 Å². The number of halogens is 2. The van der Waals surface area contributed by atoms with E-state index in [9.17, 15) is 14.3 Å².